The summed E-state index contributed by atoms with van der Waals surface area (Å²) in [4.78, 5) is 0. The quantitative estimate of drug-likeness (QED) is 0.640. The van der Waals surface area contributed by atoms with Crippen LogP contribution in [-0.4, -0.2) is 25.4 Å². The van der Waals surface area contributed by atoms with Gasteiger partial charge in [0.1, 0.15) is 0 Å². The zero-order valence-electron chi connectivity index (χ0n) is 7.84. The minimum absolute atomic E-state index is 0.303. The first kappa shape index (κ1) is 10.9. The third-order valence-electron chi connectivity index (χ3n) is 1.93. The molecule has 1 N–H and O–H groups in total. The van der Waals surface area contributed by atoms with Gasteiger partial charge < -0.3 is 9.84 Å². The monoisotopic (exact) mass is 160 g/mol. The molecule has 2 atom stereocenters. The lowest BCUT2D eigenvalue weighted by atomic mass is 9.96. The largest absolute Gasteiger partial charge is 0.396 e. The molecule has 0 spiro atoms. The second-order valence-electron chi connectivity index (χ2n) is 3.41. The van der Waals surface area contributed by atoms with Crippen LogP contribution in [0.1, 0.15) is 26.7 Å². The second-order valence-corrected chi connectivity index (χ2v) is 3.41. The Morgan fingerprint density at radius 2 is 1.91 bits per heavy atom. The van der Waals surface area contributed by atoms with Crippen molar-refractivity contribution in [2.75, 3.05) is 20.3 Å². The Hall–Kier alpha value is -0.0800. The van der Waals surface area contributed by atoms with Gasteiger partial charge in [-0.2, -0.15) is 0 Å². The van der Waals surface area contributed by atoms with Crippen molar-refractivity contribution in [3.8, 4) is 0 Å². The summed E-state index contributed by atoms with van der Waals surface area (Å²) in [7, 11) is 1.72. The molecule has 0 aliphatic rings. The summed E-state index contributed by atoms with van der Waals surface area (Å²) in [6.45, 7) is 5.41. The van der Waals surface area contributed by atoms with Crippen molar-refractivity contribution < 1.29 is 9.84 Å². The number of rotatable bonds is 6. The van der Waals surface area contributed by atoms with Gasteiger partial charge in [-0.1, -0.05) is 13.8 Å². The third kappa shape index (κ3) is 6.32. The van der Waals surface area contributed by atoms with E-state index in [0.717, 1.165) is 19.4 Å². The molecule has 0 aromatic rings. The average Bonchev–Trinajstić information content (AvgIpc) is 2.00. The van der Waals surface area contributed by atoms with Gasteiger partial charge in [-0.15, -0.1) is 0 Å². The second kappa shape index (κ2) is 6.62. The Bertz CT molecular complexity index is 83.6. The van der Waals surface area contributed by atoms with Gasteiger partial charge in [-0.25, -0.2) is 0 Å². The lowest BCUT2D eigenvalue weighted by Gasteiger charge is -2.14. The van der Waals surface area contributed by atoms with Crippen molar-refractivity contribution in [1.29, 1.82) is 0 Å². The fourth-order valence-corrected chi connectivity index (χ4v) is 1.20. The molecule has 0 radical (unpaired) electrons. The molecular formula is C9H20O2. The summed E-state index contributed by atoms with van der Waals surface area (Å²) in [6.07, 6.45) is 2.20. The zero-order chi connectivity index (χ0) is 8.69. The first-order chi connectivity index (χ1) is 5.20. The van der Waals surface area contributed by atoms with E-state index in [1.54, 1.807) is 7.11 Å². The number of methoxy groups -OCH3 is 1. The molecule has 0 aromatic carbocycles. The summed E-state index contributed by atoms with van der Waals surface area (Å²) in [5, 5.41) is 8.78. The molecule has 0 heterocycles. The van der Waals surface area contributed by atoms with Gasteiger partial charge in [0.2, 0.25) is 0 Å². The maximum Gasteiger partial charge on any atom is 0.0464 e. The Labute approximate surface area is 69.6 Å². The fraction of sp³-hybridized carbons (Fsp3) is 1.00. The van der Waals surface area contributed by atoms with Crippen LogP contribution in [0, 0.1) is 11.8 Å². The van der Waals surface area contributed by atoms with Crippen LogP contribution in [0.3, 0.4) is 0 Å². The molecule has 0 rings (SSSR count). The van der Waals surface area contributed by atoms with Crippen molar-refractivity contribution >= 4 is 0 Å². The van der Waals surface area contributed by atoms with Crippen LogP contribution >= 0.6 is 0 Å². The summed E-state index contributed by atoms with van der Waals surface area (Å²) < 4.78 is 4.97. The van der Waals surface area contributed by atoms with Crippen molar-refractivity contribution in [1.82, 2.24) is 0 Å². The Balaban J connectivity index is 3.27. The van der Waals surface area contributed by atoms with E-state index in [2.05, 4.69) is 13.8 Å². The number of aliphatic hydroxyl groups excluding tert-OH is 1. The summed E-state index contributed by atoms with van der Waals surface area (Å²) >= 11 is 0. The highest BCUT2D eigenvalue weighted by Crippen LogP contribution is 2.14. The maximum atomic E-state index is 8.78. The van der Waals surface area contributed by atoms with Crippen LogP contribution in [0.4, 0.5) is 0 Å². The van der Waals surface area contributed by atoms with Gasteiger partial charge in [0.05, 0.1) is 0 Å². The number of ether oxygens (including phenoxy) is 1. The topological polar surface area (TPSA) is 29.5 Å². The predicted octanol–water partition coefficient (Wildman–Crippen LogP) is 1.68. The van der Waals surface area contributed by atoms with E-state index in [1.807, 2.05) is 0 Å². The predicted molar refractivity (Wildman–Crippen MR) is 46.5 cm³/mol. The molecule has 0 amide bonds. The molecule has 2 unspecified atom stereocenters. The van der Waals surface area contributed by atoms with Gasteiger partial charge in [-0.3, -0.25) is 0 Å². The smallest absolute Gasteiger partial charge is 0.0464 e. The van der Waals surface area contributed by atoms with E-state index in [-0.39, 0.29) is 0 Å². The van der Waals surface area contributed by atoms with Gasteiger partial charge in [0, 0.05) is 20.3 Å². The fourth-order valence-electron chi connectivity index (χ4n) is 1.20. The van der Waals surface area contributed by atoms with E-state index in [1.165, 1.54) is 0 Å². The molecule has 11 heavy (non-hydrogen) atoms. The highest BCUT2D eigenvalue weighted by molar-refractivity contribution is 4.57. The van der Waals surface area contributed by atoms with Gasteiger partial charge in [-0.05, 0) is 24.7 Å². The molecule has 0 fully saturated rings. The molecule has 0 aliphatic heterocycles. The van der Waals surface area contributed by atoms with E-state index in [0.29, 0.717) is 18.4 Å². The summed E-state index contributed by atoms with van der Waals surface area (Å²) in [5.74, 6) is 1.10. The molecule has 0 saturated carbocycles. The lowest BCUT2D eigenvalue weighted by Crippen LogP contribution is -2.08. The minimum atomic E-state index is 0.303. The summed E-state index contributed by atoms with van der Waals surface area (Å²) in [6, 6.07) is 0. The van der Waals surface area contributed by atoms with E-state index < -0.39 is 0 Å². The summed E-state index contributed by atoms with van der Waals surface area (Å²) in [5.41, 5.74) is 0. The Morgan fingerprint density at radius 3 is 2.36 bits per heavy atom. The normalized spacial score (nSPS) is 16.4. The van der Waals surface area contributed by atoms with Gasteiger partial charge in [0.25, 0.3) is 0 Å². The molecule has 0 bridgehead atoms. The number of hydrogen-bond acceptors (Lipinski definition) is 2. The highest BCUT2D eigenvalue weighted by atomic mass is 16.5. The molecule has 2 heteroatoms. The first-order valence-electron chi connectivity index (χ1n) is 4.30. The highest BCUT2D eigenvalue weighted by Gasteiger charge is 2.06. The van der Waals surface area contributed by atoms with Crippen molar-refractivity contribution in [2.45, 2.75) is 26.7 Å². The molecule has 0 saturated heterocycles. The van der Waals surface area contributed by atoms with Gasteiger partial charge in [0.15, 0.2) is 0 Å². The first-order valence-corrected chi connectivity index (χ1v) is 4.30. The van der Waals surface area contributed by atoms with Crippen molar-refractivity contribution in [2.24, 2.45) is 11.8 Å². The average molecular weight is 160 g/mol. The van der Waals surface area contributed by atoms with E-state index >= 15 is 0 Å². The molecule has 0 aromatic heterocycles. The zero-order valence-corrected chi connectivity index (χ0v) is 7.84. The minimum Gasteiger partial charge on any atom is -0.396 e. The van der Waals surface area contributed by atoms with E-state index in [4.69, 9.17) is 9.84 Å². The van der Waals surface area contributed by atoms with Crippen molar-refractivity contribution in [3.63, 3.8) is 0 Å². The molecular weight excluding hydrogens is 140 g/mol. The van der Waals surface area contributed by atoms with Crippen LogP contribution in [-0.2, 0) is 4.74 Å². The van der Waals surface area contributed by atoms with Crippen LogP contribution in [0.15, 0.2) is 0 Å². The third-order valence-corrected chi connectivity index (χ3v) is 1.93. The standard InChI is InChI=1S/C9H20O2/c1-8(4-5-11-3)6-9(2)7-10/h8-10H,4-7H2,1-3H3. The number of aliphatic hydroxyl groups is 1. The number of hydrogen-bond donors (Lipinski definition) is 1. The van der Waals surface area contributed by atoms with Crippen molar-refractivity contribution in [3.05, 3.63) is 0 Å². The van der Waals surface area contributed by atoms with Crippen LogP contribution in [0.2, 0.25) is 0 Å². The molecule has 68 valence electrons. The maximum absolute atomic E-state index is 8.78. The van der Waals surface area contributed by atoms with Gasteiger partial charge >= 0.3 is 0 Å². The van der Waals surface area contributed by atoms with Crippen LogP contribution in [0.5, 0.6) is 0 Å². The Morgan fingerprint density at radius 1 is 1.27 bits per heavy atom. The lowest BCUT2D eigenvalue weighted by molar-refractivity contribution is 0.163. The molecule has 2 nitrogen and oxygen atoms in total. The molecule has 0 aliphatic carbocycles. The SMILES string of the molecule is COCCC(C)CC(C)CO. The van der Waals surface area contributed by atoms with Crippen LogP contribution in [0.25, 0.3) is 0 Å². The van der Waals surface area contributed by atoms with Crippen LogP contribution < -0.4 is 0 Å². The van der Waals surface area contributed by atoms with E-state index in [9.17, 15) is 0 Å². The Kier molecular flexibility index (Phi) is 6.57.